The van der Waals surface area contributed by atoms with Crippen molar-refractivity contribution >= 4 is 67.8 Å². The molecule has 0 saturated carbocycles. The smallest absolute Gasteiger partial charge is 0.295 e. The molecule has 40 heavy (non-hydrogen) atoms. The molecule has 0 fully saturated rings. The van der Waals surface area contributed by atoms with Crippen LogP contribution in [-0.4, -0.2) is 55.8 Å². The molecule has 2 aromatic carbocycles. The summed E-state index contributed by atoms with van der Waals surface area (Å²) < 4.78 is 68.1. The van der Waals surface area contributed by atoms with Crippen molar-refractivity contribution in [3.63, 3.8) is 0 Å². The van der Waals surface area contributed by atoms with E-state index in [0.29, 0.717) is 5.56 Å². The summed E-state index contributed by atoms with van der Waals surface area (Å²) >= 11 is 0. The van der Waals surface area contributed by atoms with Gasteiger partial charge in [0, 0.05) is 12.1 Å². The molecule has 4 aromatic rings. The fourth-order valence-corrected chi connectivity index (χ4v) is 4.96. The van der Waals surface area contributed by atoms with Crippen LogP contribution in [0.2, 0.25) is 0 Å². The van der Waals surface area contributed by atoms with Crippen LogP contribution in [0.1, 0.15) is 22.5 Å². The van der Waals surface area contributed by atoms with Gasteiger partial charge in [0.1, 0.15) is 15.6 Å². The number of nitrogens with one attached hydrogen (secondary N) is 1. The van der Waals surface area contributed by atoms with E-state index in [9.17, 15) is 25.9 Å². The molecular formula is C21H21N11O6S2. The van der Waals surface area contributed by atoms with Crippen LogP contribution < -0.4 is 28.3 Å². The highest BCUT2D eigenvalue weighted by Gasteiger charge is 2.18. The normalized spacial score (nSPS) is 12.1. The van der Waals surface area contributed by atoms with Gasteiger partial charge in [-0.3, -0.25) is 9.11 Å². The molecule has 0 saturated heterocycles. The molecule has 4 rings (SSSR count). The highest BCUT2D eigenvalue weighted by atomic mass is 32.2. The van der Waals surface area contributed by atoms with Crippen molar-refractivity contribution in [3.05, 3.63) is 58.9 Å². The maximum absolute atomic E-state index is 12.1. The minimum Gasteiger partial charge on any atom is -0.368 e. The molecule has 0 unspecified atom stereocenters. The molecule has 2 aromatic heterocycles. The van der Waals surface area contributed by atoms with Crippen LogP contribution >= 0.6 is 0 Å². The van der Waals surface area contributed by atoms with Gasteiger partial charge in [0.05, 0.1) is 0 Å². The summed E-state index contributed by atoms with van der Waals surface area (Å²) in [7, 11) is -9.48. The Kier molecular flexibility index (Phi) is 7.46. The standard InChI is InChI=1S/C21H21N11O6S2/c22-17-27-16(28-18(23)29-17)8-10-1-2-11(14(7-10)39(33,34)35)3-4-12-5-6-13(9-15(12)40(36,37)38)26-21-31-19(24)30-20(25)32-21/h1-7,9H,8H2,(H,33,34,35)(H,36,37,38)(H4,22,23,27,28,29)(H5,24,25,26,30,31,32)/b4-3+. The first-order valence-corrected chi connectivity index (χ1v) is 13.8. The quantitative estimate of drug-likeness (QED) is 0.108. The van der Waals surface area contributed by atoms with Crippen LogP contribution in [0.15, 0.2) is 46.2 Å². The van der Waals surface area contributed by atoms with Gasteiger partial charge >= 0.3 is 0 Å². The molecule has 0 aliphatic heterocycles. The van der Waals surface area contributed by atoms with E-state index in [4.69, 9.17) is 22.9 Å². The fraction of sp³-hybridized carbons (Fsp3) is 0.0476. The molecule has 0 bridgehead atoms. The highest BCUT2D eigenvalue weighted by molar-refractivity contribution is 7.86. The van der Waals surface area contributed by atoms with Crippen LogP contribution in [0.3, 0.4) is 0 Å². The first-order chi connectivity index (χ1) is 18.7. The van der Waals surface area contributed by atoms with E-state index in [0.717, 1.165) is 6.07 Å². The minimum absolute atomic E-state index is 0.00998. The summed E-state index contributed by atoms with van der Waals surface area (Å²) in [5.74, 6) is -0.485. The largest absolute Gasteiger partial charge is 0.368 e. The summed E-state index contributed by atoms with van der Waals surface area (Å²) in [5.41, 5.74) is 22.7. The Hall–Kier alpha value is -4.98. The third kappa shape index (κ3) is 6.91. The number of aromatic nitrogens is 6. The van der Waals surface area contributed by atoms with Gasteiger partial charge < -0.3 is 28.3 Å². The topological polar surface area (TPSA) is 302 Å². The first kappa shape index (κ1) is 28.0. The van der Waals surface area contributed by atoms with Gasteiger partial charge in [-0.1, -0.05) is 30.4 Å². The molecule has 0 aliphatic rings. The summed E-state index contributed by atoms with van der Waals surface area (Å²) in [6.45, 7) is 0. The van der Waals surface area contributed by atoms with E-state index in [2.05, 4.69) is 35.2 Å². The number of nitrogens with zero attached hydrogens (tertiary/aromatic N) is 6. The van der Waals surface area contributed by atoms with Crippen molar-refractivity contribution < 1.29 is 25.9 Å². The Balaban J connectivity index is 1.69. The summed E-state index contributed by atoms with van der Waals surface area (Å²) in [4.78, 5) is 21.8. The molecule has 0 aliphatic carbocycles. The number of hydrogen-bond donors (Lipinski definition) is 7. The zero-order valence-electron chi connectivity index (χ0n) is 20.2. The monoisotopic (exact) mass is 587 g/mol. The zero-order chi connectivity index (χ0) is 29.2. The van der Waals surface area contributed by atoms with Gasteiger partial charge in [-0.05, 0) is 34.9 Å². The van der Waals surface area contributed by atoms with E-state index in [1.54, 1.807) is 0 Å². The maximum atomic E-state index is 12.1. The lowest BCUT2D eigenvalue weighted by atomic mass is 10.1. The lowest BCUT2D eigenvalue weighted by Crippen LogP contribution is -2.08. The van der Waals surface area contributed by atoms with E-state index >= 15 is 0 Å². The predicted octanol–water partition coefficient (Wildman–Crippen LogP) is 0.384. The van der Waals surface area contributed by atoms with Crippen LogP contribution in [0.4, 0.5) is 35.4 Å². The highest BCUT2D eigenvalue weighted by Crippen LogP contribution is 2.26. The Morgan fingerprint density at radius 2 is 1.15 bits per heavy atom. The Labute approximate surface area is 226 Å². The molecular weight excluding hydrogens is 566 g/mol. The zero-order valence-corrected chi connectivity index (χ0v) is 21.8. The minimum atomic E-state index is -4.76. The van der Waals surface area contributed by atoms with Gasteiger partial charge in [-0.15, -0.1) is 0 Å². The van der Waals surface area contributed by atoms with Crippen molar-refractivity contribution in [2.24, 2.45) is 0 Å². The van der Waals surface area contributed by atoms with E-state index in [1.807, 2.05) is 0 Å². The third-order valence-electron chi connectivity index (χ3n) is 5.09. The lowest BCUT2D eigenvalue weighted by molar-refractivity contribution is 0.480. The second-order valence-corrected chi connectivity index (χ2v) is 10.8. The molecule has 0 atom stereocenters. The Morgan fingerprint density at radius 1 is 0.675 bits per heavy atom. The van der Waals surface area contributed by atoms with Crippen LogP contribution in [0.25, 0.3) is 12.2 Å². The lowest BCUT2D eigenvalue weighted by Gasteiger charge is -2.10. The van der Waals surface area contributed by atoms with E-state index in [-0.39, 0.29) is 58.8 Å². The fourth-order valence-electron chi connectivity index (χ4n) is 3.52. The van der Waals surface area contributed by atoms with E-state index < -0.39 is 30.0 Å². The second-order valence-electron chi connectivity index (χ2n) is 8.05. The number of benzene rings is 2. The third-order valence-corrected chi connectivity index (χ3v) is 6.91. The average Bonchev–Trinajstić information content (AvgIpc) is 2.81. The van der Waals surface area contributed by atoms with Crippen molar-refractivity contribution in [2.45, 2.75) is 16.2 Å². The van der Waals surface area contributed by atoms with E-state index in [1.165, 1.54) is 42.5 Å². The molecule has 208 valence electrons. The maximum Gasteiger partial charge on any atom is 0.295 e. The van der Waals surface area contributed by atoms with Crippen molar-refractivity contribution in [1.29, 1.82) is 0 Å². The number of nitrogen functional groups attached to an aromatic ring is 4. The number of rotatable bonds is 8. The molecule has 0 spiro atoms. The Bertz CT molecular complexity index is 1690. The van der Waals surface area contributed by atoms with Gasteiger partial charge in [-0.25, -0.2) is 0 Å². The molecule has 2 heterocycles. The number of hydrogen-bond acceptors (Lipinski definition) is 15. The molecule has 19 heteroatoms. The van der Waals surface area contributed by atoms with Crippen LogP contribution in [0.5, 0.6) is 0 Å². The average molecular weight is 588 g/mol. The molecule has 11 N–H and O–H groups in total. The van der Waals surface area contributed by atoms with Crippen molar-refractivity contribution in [3.8, 4) is 0 Å². The van der Waals surface area contributed by atoms with Gasteiger partial charge in [0.15, 0.2) is 0 Å². The second kappa shape index (κ2) is 10.6. The van der Waals surface area contributed by atoms with Crippen LogP contribution in [-0.2, 0) is 26.7 Å². The van der Waals surface area contributed by atoms with Crippen LogP contribution in [0, 0.1) is 0 Å². The SMILES string of the molecule is Nc1nc(N)nc(Cc2ccc(/C=C/c3ccc(Nc4nc(N)nc(N)n4)cc3S(=O)(=O)O)c(S(=O)(=O)O)c2)n1. The predicted molar refractivity (Wildman–Crippen MR) is 145 cm³/mol. The first-order valence-electron chi connectivity index (χ1n) is 10.9. The summed E-state index contributed by atoms with van der Waals surface area (Å²) in [5, 5.41) is 2.70. The van der Waals surface area contributed by atoms with Gasteiger partial charge in [-0.2, -0.15) is 46.7 Å². The van der Waals surface area contributed by atoms with Gasteiger partial charge in [0.2, 0.25) is 29.7 Å². The molecule has 17 nitrogen and oxygen atoms in total. The summed E-state index contributed by atoms with van der Waals surface area (Å²) in [6.07, 6.45) is 2.50. The summed E-state index contributed by atoms with van der Waals surface area (Å²) in [6, 6.07) is 7.95. The molecule has 0 amide bonds. The van der Waals surface area contributed by atoms with Crippen molar-refractivity contribution in [1.82, 2.24) is 29.9 Å². The number of anilines is 6. The Morgan fingerprint density at radius 3 is 1.68 bits per heavy atom. The molecule has 0 radical (unpaired) electrons. The van der Waals surface area contributed by atoms with Crippen molar-refractivity contribution in [2.75, 3.05) is 28.3 Å². The number of nitrogens with two attached hydrogens (primary N) is 4. The van der Waals surface area contributed by atoms with Gasteiger partial charge in [0.25, 0.3) is 20.2 Å².